The molecule has 0 aliphatic carbocycles. The summed E-state index contributed by atoms with van der Waals surface area (Å²) in [7, 11) is 0. The van der Waals surface area contributed by atoms with Crippen LogP contribution in [0.3, 0.4) is 0 Å². The molecule has 15 heavy (non-hydrogen) atoms. The molecule has 0 aliphatic heterocycles. The van der Waals surface area contributed by atoms with Crippen LogP contribution in [0.1, 0.15) is 0 Å². The Balaban J connectivity index is 0.000000853. The number of para-hydroxylation sites is 4. The third kappa shape index (κ3) is 1.70. The molecule has 1 aromatic heterocycles. The van der Waals surface area contributed by atoms with Gasteiger partial charge in [0.1, 0.15) is 11.0 Å². The molecule has 2 aromatic carbocycles. The number of nitrogens with zero attached hydrogens (tertiary/aromatic N) is 1. The molecule has 3 heteroatoms. The van der Waals surface area contributed by atoms with Crippen LogP contribution in [0.2, 0.25) is 0 Å². The van der Waals surface area contributed by atoms with E-state index in [9.17, 15) is 0 Å². The summed E-state index contributed by atoms with van der Waals surface area (Å²) in [6, 6.07) is 16.1. The molecule has 3 rings (SSSR count). The van der Waals surface area contributed by atoms with Crippen molar-refractivity contribution < 1.29 is 22.0 Å². The average molecular weight is 261 g/mol. The number of fused-ring (bicyclic) bond motifs is 2. The summed E-state index contributed by atoms with van der Waals surface area (Å²) in [4.78, 5) is 7.89. The second-order valence-electron chi connectivity index (χ2n) is 3.27. The third-order valence-corrected chi connectivity index (χ3v) is 2.32. The van der Waals surface area contributed by atoms with E-state index in [0.717, 1.165) is 22.1 Å². The van der Waals surface area contributed by atoms with Crippen molar-refractivity contribution >= 4 is 22.1 Å². The molecule has 0 saturated carbocycles. The Bertz CT molecular complexity index is 502. The van der Waals surface area contributed by atoms with E-state index >= 15 is 0 Å². The maximum absolute atomic E-state index is 4.55. The smallest absolute Gasteiger partial charge is 0.229 e. The number of hydrogen-bond acceptors (Lipinski definition) is 1. The Morgan fingerprint density at radius 2 is 1.20 bits per heavy atom. The number of halogens is 1. The largest absolute Gasteiger partial charge is 1.00 e. The Labute approximate surface area is 97.7 Å². The summed E-state index contributed by atoms with van der Waals surface area (Å²) in [5.41, 5.74) is 4.16. The average Bonchev–Trinajstić information content (AvgIpc) is 2.26. The number of rotatable bonds is 0. The molecule has 1 heterocycles. The van der Waals surface area contributed by atoms with Gasteiger partial charge in [0.15, 0.2) is 0 Å². The summed E-state index contributed by atoms with van der Waals surface area (Å²) in [5, 5.41) is 0. The second kappa shape index (κ2) is 3.95. The predicted molar refractivity (Wildman–Crippen MR) is 55.8 cm³/mol. The molecule has 0 spiro atoms. The fraction of sp³-hybridized carbons (Fsp3) is 0. The van der Waals surface area contributed by atoms with Crippen molar-refractivity contribution in [2.45, 2.75) is 0 Å². The van der Waals surface area contributed by atoms with E-state index in [1.165, 1.54) is 0 Å². The zero-order valence-electron chi connectivity index (χ0n) is 7.94. The minimum atomic E-state index is 0. The first-order valence-corrected chi connectivity index (χ1v) is 4.60. The minimum Gasteiger partial charge on any atom is -1.00 e. The van der Waals surface area contributed by atoms with Gasteiger partial charge in [0.2, 0.25) is 11.0 Å². The molecular weight excluding hydrogens is 252 g/mol. The quantitative estimate of drug-likeness (QED) is 0.487. The van der Waals surface area contributed by atoms with Gasteiger partial charge in [0, 0.05) is 12.1 Å². The lowest BCUT2D eigenvalue weighted by molar-refractivity contribution is -0.310. The van der Waals surface area contributed by atoms with Gasteiger partial charge in [-0.05, 0) is 12.1 Å². The van der Waals surface area contributed by atoms with Crippen LogP contribution < -0.4 is 22.0 Å². The summed E-state index contributed by atoms with van der Waals surface area (Å²) in [5.74, 6) is 0. The number of aromatic nitrogens is 2. The zero-order valence-corrected chi connectivity index (χ0v) is 9.53. The van der Waals surface area contributed by atoms with E-state index in [1.807, 2.05) is 48.5 Å². The number of hydrogen-bond donors (Lipinski definition) is 0. The first kappa shape index (κ1) is 10.1. The van der Waals surface area contributed by atoms with Crippen molar-refractivity contribution in [1.82, 2.24) is 4.98 Å². The molecular formula is C12H9BrN2. The predicted octanol–water partition coefficient (Wildman–Crippen LogP) is -0.794. The highest BCUT2D eigenvalue weighted by Crippen LogP contribution is 2.10. The van der Waals surface area contributed by atoms with Gasteiger partial charge in [0.25, 0.3) is 0 Å². The van der Waals surface area contributed by atoms with E-state index in [4.69, 9.17) is 0 Å². The highest BCUT2D eigenvalue weighted by atomic mass is 79.9. The fourth-order valence-corrected chi connectivity index (χ4v) is 1.63. The van der Waals surface area contributed by atoms with Gasteiger partial charge in [-0.2, -0.15) is 0 Å². The zero-order chi connectivity index (χ0) is 9.38. The highest BCUT2D eigenvalue weighted by molar-refractivity contribution is 5.80. The lowest BCUT2D eigenvalue weighted by atomic mass is 10.2. The van der Waals surface area contributed by atoms with Crippen LogP contribution in [-0.4, -0.2) is 4.98 Å². The Morgan fingerprint density at radius 1 is 0.733 bits per heavy atom. The van der Waals surface area contributed by atoms with Crippen molar-refractivity contribution in [2.75, 3.05) is 0 Å². The maximum Gasteiger partial charge on any atom is 0.229 e. The van der Waals surface area contributed by atoms with Crippen molar-refractivity contribution in [1.29, 1.82) is 0 Å². The molecule has 0 fully saturated rings. The topological polar surface area (TPSA) is 27.0 Å². The van der Waals surface area contributed by atoms with Crippen molar-refractivity contribution in [3.63, 3.8) is 0 Å². The molecule has 0 aliphatic rings. The van der Waals surface area contributed by atoms with Crippen molar-refractivity contribution in [2.24, 2.45) is 0 Å². The summed E-state index contributed by atoms with van der Waals surface area (Å²) in [6.45, 7) is 0. The SMILES string of the molecule is [Br-].c1ccc2[nH+]c3ccccc3nc2c1. The summed E-state index contributed by atoms with van der Waals surface area (Å²) >= 11 is 0. The molecule has 1 N–H and O–H groups in total. The lowest BCUT2D eigenvalue weighted by Gasteiger charge is -1.93. The maximum atomic E-state index is 4.55. The van der Waals surface area contributed by atoms with Gasteiger partial charge < -0.3 is 17.0 Å². The fourth-order valence-electron chi connectivity index (χ4n) is 1.63. The lowest BCUT2D eigenvalue weighted by Crippen LogP contribution is -3.00. The standard InChI is InChI=1S/C12H8N2.BrH/c1-2-6-10-9(5-1)13-11-7-3-4-8-12(11)14-10;/h1-8H;1H. The summed E-state index contributed by atoms with van der Waals surface area (Å²) < 4.78 is 0. The van der Waals surface area contributed by atoms with E-state index in [1.54, 1.807) is 0 Å². The first-order valence-electron chi connectivity index (χ1n) is 4.60. The van der Waals surface area contributed by atoms with E-state index in [2.05, 4.69) is 9.97 Å². The molecule has 0 bridgehead atoms. The van der Waals surface area contributed by atoms with Gasteiger partial charge in [-0.25, -0.2) is 9.97 Å². The van der Waals surface area contributed by atoms with Gasteiger partial charge in [-0.1, -0.05) is 24.3 Å². The molecule has 74 valence electrons. The first-order chi connectivity index (χ1) is 6.93. The minimum absolute atomic E-state index is 0. The molecule has 0 unspecified atom stereocenters. The van der Waals surface area contributed by atoms with E-state index < -0.39 is 0 Å². The van der Waals surface area contributed by atoms with Crippen LogP contribution in [0.15, 0.2) is 48.5 Å². The number of nitrogens with one attached hydrogen (secondary N) is 1. The Morgan fingerprint density at radius 3 is 1.73 bits per heavy atom. The third-order valence-electron chi connectivity index (χ3n) is 2.32. The molecule has 0 saturated heterocycles. The van der Waals surface area contributed by atoms with Crippen LogP contribution in [0, 0.1) is 0 Å². The van der Waals surface area contributed by atoms with E-state index in [-0.39, 0.29) is 17.0 Å². The van der Waals surface area contributed by atoms with Gasteiger partial charge in [-0.3, -0.25) is 0 Å². The van der Waals surface area contributed by atoms with Crippen LogP contribution >= 0.6 is 0 Å². The normalized spacial score (nSPS) is 10.1. The molecule has 3 aromatic rings. The van der Waals surface area contributed by atoms with Crippen LogP contribution in [0.4, 0.5) is 0 Å². The van der Waals surface area contributed by atoms with Crippen LogP contribution in [-0.2, 0) is 0 Å². The van der Waals surface area contributed by atoms with Crippen LogP contribution in [0.25, 0.3) is 22.1 Å². The van der Waals surface area contributed by atoms with Crippen LogP contribution in [0.5, 0.6) is 0 Å². The van der Waals surface area contributed by atoms with Crippen molar-refractivity contribution in [3.8, 4) is 0 Å². The number of aromatic amines is 1. The van der Waals surface area contributed by atoms with Gasteiger partial charge in [0.05, 0.1) is 0 Å². The molecule has 0 radical (unpaired) electrons. The van der Waals surface area contributed by atoms with Gasteiger partial charge in [-0.15, -0.1) is 0 Å². The van der Waals surface area contributed by atoms with Gasteiger partial charge >= 0.3 is 0 Å². The Hall–Kier alpha value is -1.48. The Kier molecular flexibility index (Phi) is 2.64. The van der Waals surface area contributed by atoms with Crippen molar-refractivity contribution in [3.05, 3.63) is 48.5 Å². The molecule has 0 amide bonds. The monoisotopic (exact) mass is 260 g/mol. The molecule has 2 nitrogen and oxygen atoms in total. The number of H-pyrrole nitrogens is 1. The highest BCUT2D eigenvalue weighted by Gasteiger charge is 2.04. The second-order valence-corrected chi connectivity index (χ2v) is 3.27. The van der Waals surface area contributed by atoms with E-state index in [0.29, 0.717) is 0 Å². The number of benzene rings is 2. The summed E-state index contributed by atoms with van der Waals surface area (Å²) in [6.07, 6.45) is 0. The molecule has 0 atom stereocenters.